The van der Waals surface area contributed by atoms with Crippen molar-refractivity contribution in [1.82, 2.24) is 15.3 Å². The van der Waals surface area contributed by atoms with Gasteiger partial charge in [0.2, 0.25) is 5.95 Å². The van der Waals surface area contributed by atoms with Gasteiger partial charge in [0.25, 0.3) is 0 Å². The maximum absolute atomic E-state index is 13.5. The lowest BCUT2D eigenvalue weighted by molar-refractivity contribution is 0.178. The molecule has 8 heteroatoms. The molecule has 3 atom stereocenters. The van der Waals surface area contributed by atoms with Crippen LogP contribution in [0.3, 0.4) is 0 Å². The van der Waals surface area contributed by atoms with Crippen LogP contribution in [0.4, 0.5) is 16.2 Å². The van der Waals surface area contributed by atoms with Crippen molar-refractivity contribution < 1.29 is 4.39 Å². The number of nitrogens with one attached hydrogen (secondary N) is 3. The Morgan fingerprint density at radius 2 is 1.68 bits per heavy atom. The van der Waals surface area contributed by atoms with Crippen molar-refractivity contribution >= 4 is 23.4 Å². The molecular weight excluding hydrogens is 499 g/mol. The summed E-state index contributed by atoms with van der Waals surface area (Å²) in [5.41, 5.74) is 1.42. The summed E-state index contributed by atoms with van der Waals surface area (Å²) in [6, 6.07) is 9.90. The molecule has 2 saturated carbocycles. The average molecular weight is 541 g/mol. The van der Waals surface area contributed by atoms with Crippen LogP contribution in [0.15, 0.2) is 30.5 Å². The SMILES string of the molecule is CCCC1C[C@@H](CNC[C@H]2CC[C@H](F)CC2)C[C@H](CNc2nc(NCc3ccccc3Cl)ncc2C#N)C1. The molecule has 2 aliphatic carbocycles. The van der Waals surface area contributed by atoms with E-state index in [1.54, 1.807) is 6.20 Å². The molecule has 2 aromatic rings. The molecule has 1 unspecified atom stereocenters. The van der Waals surface area contributed by atoms with Gasteiger partial charge in [-0.2, -0.15) is 10.2 Å². The van der Waals surface area contributed by atoms with Gasteiger partial charge in [-0.1, -0.05) is 49.6 Å². The molecule has 0 radical (unpaired) electrons. The molecule has 0 aliphatic heterocycles. The minimum atomic E-state index is -0.585. The third-order valence-electron chi connectivity index (χ3n) is 8.20. The van der Waals surface area contributed by atoms with E-state index >= 15 is 0 Å². The number of hydrogen-bond acceptors (Lipinski definition) is 6. The van der Waals surface area contributed by atoms with Crippen molar-refractivity contribution in [3.8, 4) is 6.07 Å². The average Bonchev–Trinajstić information content (AvgIpc) is 2.93. The molecule has 0 amide bonds. The van der Waals surface area contributed by atoms with Gasteiger partial charge < -0.3 is 16.0 Å². The van der Waals surface area contributed by atoms with Crippen LogP contribution in [-0.4, -0.2) is 35.8 Å². The number of halogens is 2. The van der Waals surface area contributed by atoms with Gasteiger partial charge in [-0.15, -0.1) is 0 Å². The number of aromatic nitrogens is 2. The van der Waals surface area contributed by atoms with Gasteiger partial charge in [0.05, 0.1) is 6.20 Å². The molecule has 2 aliphatic rings. The standard InChI is InChI=1S/C30H42ClFN6/c1-2-5-22-12-23(17-34-16-21-8-10-27(32)11-9-21)14-24(13-22)18-35-29-26(15-33)20-37-30(38-29)36-19-25-6-3-4-7-28(25)31/h3-4,6-7,20-24,27,34H,2,5,8-14,16-19H2,1H3,(H2,35,36,37,38)/t21-,22?,23-,24-,27-/m1/s1. The quantitative estimate of drug-likeness (QED) is 0.269. The van der Waals surface area contributed by atoms with E-state index in [1.165, 1.54) is 32.1 Å². The summed E-state index contributed by atoms with van der Waals surface area (Å²) in [6.45, 7) is 5.64. The van der Waals surface area contributed by atoms with Crippen molar-refractivity contribution in [3.05, 3.63) is 46.6 Å². The maximum Gasteiger partial charge on any atom is 0.224 e. The Bertz CT molecular complexity index is 1050. The molecule has 0 spiro atoms. The Balaban J connectivity index is 1.31. The van der Waals surface area contributed by atoms with E-state index in [2.05, 4.69) is 38.9 Å². The second-order valence-corrected chi connectivity index (χ2v) is 11.7. The van der Waals surface area contributed by atoms with Gasteiger partial charge in [-0.05, 0) is 93.3 Å². The number of benzene rings is 1. The second kappa shape index (κ2) is 14.6. The van der Waals surface area contributed by atoms with Gasteiger partial charge in [0.1, 0.15) is 23.6 Å². The van der Waals surface area contributed by atoms with Gasteiger partial charge in [-0.3, -0.25) is 0 Å². The maximum atomic E-state index is 13.5. The molecule has 206 valence electrons. The van der Waals surface area contributed by atoms with Crippen LogP contribution in [0.5, 0.6) is 0 Å². The van der Waals surface area contributed by atoms with E-state index in [1.807, 2.05) is 24.3 Å². The molecule has 1 aromatic heterocycles. The highest BCUT2D eigenvalue weighted by Crippen LogP contribution is 2.36. The first-order valence-electron chi connectivity index (χ1n) is 14.4. The summed E-state index contributed by atoms with van der Waals surface area (Å²) >= 11 is 6.27. The van der Waals surface area contributed by atoms with Gasteiger partial charge in [0.15, 0.2) is 0 Å². The zero-order valence-corrected chi connectivity index (χ0v) is 23.3. The summed E-state index contributed by atoms with van der Waals surface area (Å²) in [7, 11) is 0. The Labute approximate surface area is 232 Å². The highest BCUT2D eigenvalue weighted by Gasteiger charge is 2.29. The summed E-state index contributed by atoms with van der Waals surface area (Å²) in [6.07, 6.45) is 10.6. The van der Waals surface area contributed by atoms with Crippen LogP contribution < -0.4 is 16.0 Å². The van der Waals surface area contributed by atoms with Crippen LogP contribution in [-0.2, 0) is 6.54 Å². The number of hydrogen-bond donors (Lipinski definition) is 3. The fourth-order valence-electron chi connectivity index (χ4n) is 6.24. The smallest absolute Gasteiger partial charge is 0.224 e. The molecule has 0 bridgehead atoms. The molecule has 0 saturated heterocycles. The number of nitriles is 1. The van der Waals surface area contributed by atoms with Gasteiger partial charge in [0, 0.05) is 18.1 Å². The topological polar surface area (TPSA) is 85.7 Å². The molecule has 2 fully saturated rings. The highest BCUT2D eigenvalue weighted by atomic mass is 35.5. The predicted octanol–water partition coefficient (Wildman–Crippen LogP) is 6.98. The Morgan fingerprint density at radius 3 is 2.42 bits per heavy atom. The Hall–Kier alpha value is -2.43. The van der Waals surface area contributed by atoms with Crippen LogP contribution in [0.1, 0.15) is 75.8 Å². The Kier molecular flexibility index (Phi) is 11.0. The number of alkyl halides is 1. The van der Waals surface area contributed by atoms with Crippen LogP contribution in [0.25, 0.3) is 0 Å². The highest BCUT2D eigenvalue weighted by molar-refractivity contribution is 6.31. The van der Waals surface area contributed by atoms with E-state index < -0.39 is 6.17 Å². The molecule has 6 nitrogen and oxygen atoms in total. The zero-order chi connectivity index (χ0) is 26.7. The van der Waals surface area contributed by atoms with Crippen molar-refractivity contribution in [2.45, 2.75) is 77.4 Å². The Morgan fingerprint density at radius 1 is 0.974 bits per heavy atom. The zero-order valence-electron chi connectivity index (χ0n) is 22.6. The summed E-state index contributed by atoms with van der Waals surface area (Å²) < 4.78 is 13.5. The molecule has 1 aromatic carbocycles. The first kappa shape index (κ1) is 28.6. The number of rotatable bonds is 12. The minimum absolute atomic E-state index is 0.454. The van der Waals surface area contributed by atoms with E-state index in [-0.39, 0.29) is 0 Å². The lowest BCUT2D eigenvalue weighted by Gasteiger charge is -2.36. The first-order valence-corrected chi connectivity index (χ1v) is 14.7. The molecule has 1 heterocycles. The van der Waals surface area contributed by atoms with Crippen LogP contribution >= 0.6 is 11.6 Å². The van der Waals surface area contributed by atoms with Crippen molar-refractivity contribution in [3.63, 3.8) is 0 Å². The van der Waals surface area contributed by atoms with Crippen LogP contribution in [0.2, 0.25) is 5.02 Å². The lowest BCUT2D eigenvalue weighted by Crippen LogP contribution is -2.35. The fraction of sp³-hybridized carbons (Fsp3) is 0.633. The summed E-state index contributed by atoms with van der Waals surface area (Å²) in [5, 5.41) is 20.8. The molecule has 38 heavy (non-hydrogen) atoms. The monoisotopic (exact) mass is 540 g/mol. The second-order valence-electron chi connectivity index (χ2n) is 11.3. The van der Waals surface area contributed by atoms with Crippen molar-refractivity contribution in [1.29, 1.82) is 5.26 Å². The van der Waals surface area contributed by atoms with Crippen LogP contribution in [0, 0.1) is 35.0 Å². The van der Waals surface area contributed by atoms with Gasteiger partial charge >= 0.3 is 0 Å². The number of nitrogens with zero attached hydrogens (tertiary/aromatic N) is 3. The van der Waals surface area contributed by atoms with E-state index in [4.69, 9.17) is 11.6 Å². The fourth-order valence-corrected chi connectivity index (χ4v) is 6.44. The van der Waals surface area contributed by atoms with E-state index in [0.29, 0.717) is 46.7 Å². The largest absolute Gasteiger partial charge is 0.369 e. The normalized spacial score (nSPS) is 25.5. The first-order chi connectivity index (χ1) is 18.5. The minimum Gasteiger partial charge on any atom is -0.369 e. The molecular formula is C30H42ClFN6. The van der Waals surface area contributed by atoms with E-state index in [9.17, 15) is 9.65 Å². The van der Waals surface area contributed by atoms with E-state index in [0.717, 1.165) is 56.8 Å². The summed E-state index contributed by atoms with van der Waals surface area (Å²) in [5.74, 6) is 3.61. The summed E-state index contributed by atoms with van der Waals surface area (Å²) in [4.78, 5) is 8.93. The third-order valence-corrected chi connectivity index (χ3v) is 8.57. The predicted molar refractivity (Wildman–Crippen MR) is 153 cm³/mol. The van der Waals surface area contributed by atoms with Crippen molar-refractivity contribution in [2.75, 3.05) is 30.3 Å². The molecule has 3 N–H and O–H groups in total. The molecule has 4 rings (SSSR count). The third kappa shape index (κ3) is 8.54. The number of anilines is 2. The van der Waals surface area contributed by atoms with Gasteiger partial charge in [-0.25, -0.2) is 9.37 Å². The lowest BCUT2D eigenvalue weighted by atomic mass is 9.73. The van der Waals surface area contributed by atoms with Crippen molar-refractivity contribution in [2.24, 2.45) is 23.7 Å².